The maximum Gasteiger partial charge on any atom is 0.264 e. The van der Waals surface area contributed by atoms with Crippen molar-refractivity contribution < 1.29 is 22.7 Å². The second kappa shape index (κ2) is 9.93. The zero-order valence-corrected chi connectivity index (χ0v) is 19.4. The zero-order valence-electron chi connectivity index (χ0n) is 17.8. The van der Waals surface area contributed by atoms with Crippen molar-refractivity contribution in [1.82, 2.24) is 0 Å². The summed E-state index contributed by atoms with van der Waals surface area (Å²) in [7, 11) is -1.05. The first kappa shape index (κ1) is 23.4. The van der Waals surface area contributed by atoms with E-state index >= 15 is 0 Å². The van der Waals surface area contributed by atoms with Crippen LogP contribution in [0.5, 0.6) is 11.5 Å². The van der Waals surface area contributed by atoms with Crippen LogP contribution < -0.4 is 19.1 Å². The van der Waals surface area contributed by atoms with Gasteiger partial charge in [0, 0.05) is 11.1 Å². The molecular weight excluding hydrogens is 452 g/mol. The van der Waals surface area contributed by atoms with Crippen LogP contribution in [0.15, 0.2) is 71.6 Å². The highest BCUT2D eigenvalue weighted by atomic mass is 35.5. The van der Waals surface area contributed by atoms with Gasteiger partial charge >= 0.3 is 0 Å². The van der Waals surface area contributed by atoms with Crippen molar-refractivity contribution in [3.8, 4) is 11.5 Å². The van der Waals surface area contributed by atoms with Crippen LogP contribution in [0, 0.1) is 6.92 Å². The smallest absolute Gasteiger partial charge is 0.264 e. The zero-order chi connectivity index (χ0) is 23.3. The Morgan fingerprint density at radius 3 is 2.34 bits per heavy atom. The number of hydrogen-bond acceptors (Lipinski definition) is 5. The van der Waals surface area contributed by atoms with Crippen LogP contribution in [-0.2, 0) is 14.8 Å². The van der Waals surface area contributed by atoms with Crippen molar-refractivity contribution in [3.05, 3.63) is 77.3 Å². The van der Waals surface area contributed by atoms with Crippen LogP contribution in [0.1, 0.15) is 5.56 Å². The number of benzene rings is 3. The number of methoxy groups -OCH3 is 2. The van der Waals surface area contributed by atoms with Crippen molar-refractivity contribution in [1.29, 1.82) is 0 Å². The number of halogens is 1. The van der Waals surface area contributed by atoms with E-state index in [1.165, 1.54) is 32.4 Å². The monoisotopic (exact) mass is 474 g/mol. The van der Waals surface area contributed by atoms with Crippen molar-refractivity contribution in [2.24, 2.45) is 0 Å². The molecule has 0 aliphatic heterocycles. The third-order valence-electron chi connectivity index (χ3n) is 4.74. The van der Waals surface area contributed by atoms with Gasteiger partial charge in [0.05, 0.1) is 30.5 Å². The highest BCUT2D eigenvalue weighted by molar-refractivity contribution is 7.92. The number of carbonyl (C=O) groups excluding carboxylic acids is 1. The lowest BCUT2D eigenvalue weighted by molar-refractivity contribution is -0.114. The summed E-state index contributed by atoms with van der Waals surface area (Å²) in [6, 6.07) is 17.7. The summed E-state index contributed by atoms with van der Waals surface area (Å²) < 4.78 is 38.3. The van der Waals surface area contributed by atoms with Gasteiger partial charge in [-0.05, 0) is 48.9 Å². The first-order valence-electron chi connectivity index (χ1n) is 9.62. The van der Waals surface area contributed by atoms with Crippen LogP contribution >= 0.6 is 11.6 Å². The summed E-state index contributed by atoms with van der Waals surface area (Å²) >= 11 is 6.24. The fourth-order valence-electron chi connectivity index (χ4n) is 2.99. The summed E-state index contributed by atoms with van der Waals surface area (Å²) in [6.45, 7) is 1.34. The number of amides is 1. The Morgan fingerprint density at radius 2 is 1.72 bits per heavy atom. The molecule has 3 aromatic carbocycles. The molecule has 0 fully saturated rings. The van der Waals surface area contributed by atoms with Gasteiger partial charge in [0.25, 0.3) is 10.0 Å². The first-order chi connectivity index (χ1) is 15.3. The molecular formula is C23H23ClN2O5S. The molecule has 1 amide bonds. The maximum atomic E-state index is 13.4. The first-order valence-corrected chi connectivity index (χ1v) is 11.4. The van der Waals surface area contributed by atoms with Crippen molar-refractivity contribution in [2.45, 2.75) is 11.8 Å². The third kappa shape index (κ3) is 5.15. The van der Waals surface area contributed by atoms with Gasteiger partial charge in [-0.3, -0.25) is 9.10 Å². The third-order valence-corrected chi connectivity index (χ3v) is 6.94. The van der Waals surface area contributed by atoms with E-state index in [9.17, 15) is 13.2 Å². The van der Waals surface area contributed by atoms with E-state index in [-0.39, 0.29) is 10.6 Å². The van der Waals surface area contributed by atoms with E-state index < -0.39 is 22.5 Å². The second-order valence-corrected chi connectivity index (χ2v) is 9.14. The Morgan fingerprint density at radius 1 is 1.00 bits per heavy atom. The van der Waals surface area contributed by atoms with E-state index in [0.717, 1.165) is 9.87 Å². The number of nitrogens with zero attached hydrogens (tertiary/aromatic N) is 1. The second-order valence-electron chi connectivity index (χ2n) is 6.87. The fourth-order valence-corrected chi connectivity index (χ4v) is 4.60. The number of carbonyl (C=O) groups is 1. The normalized spacial score (nSPS) is 11.0. The quantitative estimate of drug-likeness (QED) is 0.519. The minimum Gasteiger partial charge on any atom is -0.497 e. The summed E-state index contributed by atoms with van der Waals surface area (Å²) in [5.74, 6) is 0.389. The number of ether oxygens (including phenoxy) is 2. The van der Waals surface area contributed by atoms with Gasteiger partial charge in [0.2, 0.25) is 5.91 Å². The summed E-state index contributed by atoms with van der Waals surface area (Å²) in [6.07, 6.45) is 0. The highest BCUT2D eigenvalue weighted by Gasteiger charge is 2.27. The van der Waals surface area contributed by atoms with Gasteiger partial charge in [-0.1, -0.05) is 35.9 Å². The molecule has 0 heterocycles. The van der Waals surface area contributed by atoms with Gasteiger partial charge < -0.3 is 14.8 Å². The summed E-state index contributed by atoms with van der Waals surface area (Å²) in [5.41, 5.74) is 1.46. The molecule has 0 spiro atoms. The van der Waals surface area contributed by atoms with E-state index in [1.54, 1.807) is 48.5 Å². The Balaban J connectivity index is 1.96. The molecule has 0 radical (unpaired) electrons. The van der Waals surface area contributed by atoms with Crippen LogP contribution in [0.4, 0.5) is 11.4 Å². The van der Waals surface area contributed by atoms with E-state index in [2.05, 4.69) is 5.32 Å². The Kier molecular flexibility index (Phi) is 7.27. The van der Waals surface area contributed by atoms with Crippen LogP contribution in [0.2, 0.25) is 5.02 Å². The molecule has 0 unspecified atom stereocenters. The molecule has 9 heteroatoms. The number of aryl methyl sites for hydroxylation is 1. The average molecular weight is 475 g/mol. The minimum atomic E-state index is -4.03. The summed E-state index contributed by atoms with van der Waals surface area (Å²) in [5, 5.41) is 3.10. The lowest BCUT2D eigenvalue weighted by Gasteiger charge is -2.24. The largest absolute Gasteiger partial charge is 0.497 e. The lowest BCUT2D eigenvalue weighted by Crippen LogP contribution is -2.38. The van der Waals surface area contributed by atoms with Crippen LogP contribution in [0.25, 0.3) is 0 Å². The van der Waals surface area contributed by atoms with Gasteiger partial charge in [-0.15, -0.1) is 0 Å². The molecule has 0 bridgehead atoms. The van der Waals surface area contributed by atoms with Crippen LogP contribution in [-0.4, -0.2) is 35.1 Å². The van der Waals surface area contributed by atoms with Crippen molar-refractivity contribution in [3.63, 3.8) is 0 Å². The number of hydrogen-bond donors (Lipinski definition) is 1. The minimum absolute atomic E-state index is 0.0616. The van der Waals surface area contributed by atoms with E-state index in [4.69, 9.17) is 21.1 Å². The molecule has 7 nitrogen and oxygen atoms in total. The highest BCUT2D eigenvalue weighted by Crippen LogP contribution is 2.30. The molecule has 0 saturated heterocycles. The number of rotatable bonds is 8. The average Bonchev–Trinajstić information content (AvgIpc) is 2.80. The molecule has 168 valence electrons. The van der Waals surface area contributed by atoms with Gasteiger partial charge in [-0.25, -0.2) is 8.42 Å². The van der Waals surface area contributed by atoms with Crippen molar-refractivity contribution in [2.75, 3.05) is 30.4 Å². The van der Waals surface area contributed by atoms with E-state index in [0.29, 0.717) is 22.2 Å². The van der Waals surface area contributed by atoms with Crippen molar-refractivity contribution >= 4 is 38.9 Å². The molecule has 0 aliphatic carbocycles. The standard InChI is InChI=1S/C23H23ClN2O5S/c1-16-9-10-17(13-20(16)24)26(32(28,29)19-7-5-4-6-8-19)15-23(27)25-21-12-11-18(30-2)14-22(21)31-3/h4-14H,15H2,1-3H3,(H,25,27). The van der Waals surface area contributed by atoms with Gasteiger partial charge in [0.1, 0.15) is 18.0 Å². The van der Waals surface area contributed by atoms with Gasteiger partial charge in [-0.2, -0.15) is 0 Å². The Bertz CT molecular complexity index is 1220. The molecule has 3 rings (SSSR count). The summed E-state index contributed by atoms with van der Waals surface area (Å²) in [4.78, 5) is 13.0. The predicted octanol–water partition coefficient (Wildman–Crippen LogP) is 4.50. The molecule has 3 aromatic rings. The van der Waals surface area contributed by atoms with Gasteiger partial charge in [0.15, 0.2) is 0 Å². The fraction of sp³-hybridized carbons (Fsp3) is 0.174. The van der Waals surface area contributed by atoms with Crippen LogP contribution in [0.3, 0.4) is 0 Å². The molecule has 0 aliphatic rings. The maximum absolute atomic E-state index is 13.4. The number of sulfonamides is 1. The number of nitrogens with one attached hydrogen (secondary N) is 1. The topological polar surface area (TPSA) is 84.9 Å². The predicted molar refractivity (Wildman–Crippen MR) is 125 cm³/mol. The lowest BCUT2D eigenvalue weighted by atomic mass is 10.2. The number of anilines is 2. The Labute approximate surface area is 192 Å². The molecule has 1 N–H and O–H groups in total. The molecule has 0 saturated carbocycles. The Hall–Kier alpha value is -3.23. The molecule has 32 heavy (non-hydrogen) atoms. The van der Waals surface area contributed by atoms with E-state index in [1.807, 2.05) is 6.92 Å². The molecule has 0 aromatic heterocycles. The SMILES string of the molecule is COc1ccc(NC(=O)CN(c2ccc(C)c(Cl)c2)S(=O)(=O)c2ccccc2)c(OC)c1. The molecule has 0 atom stereocenters.